The Morgan fingerprint density at radius 2 is 2.43 bits per heavy atom. The van der Waals surface area contributed by atoms with Gasteiger partial charge in [-0.3, -0.25) is 0 Å². The summed E-state index contributed by atoms with van der Waals surface area (Å²) in [6, 6.07) is -0.733. The fourth-order valence-corrected chi connectivity index (χ4v) is 1.84. The van der Waals surface area contributed by atoms with E-state index in [1.165, 1.54) is 7.11 Å². The van der Waals surface area contributed by atoms with Crippen molar-refractivity contribution in [3.8, 4) is 0 Å². The second-order valence-corrected chi connectivity index (χ2v) is 3.26. The molecule has 1 N–H and O–H groups in total. The van der Waals surface area contributed by atoms with Gasteiger partial charge in [-0.15, -0.1) is 0 Å². The van der Waals surface area contributed by atoms with E-state index in [0.717, 1.165) is 0 Å². The van der Waals surface area contributed by atoms with Crippen LogP contribution in [0.15, 0.2) is 5.11 Å². The average Bonchev–Trinajstić information content (AvgIpc) is 2.59. The highest BCUT2D eigenvalue weighted by Crippen LogP contribution is 2.31. The topological polar surface area (TPSA) is 96.7 Å². The van der Waals surface area contributed by atoms with Crippen LogP contribution in [0.1, 0.15) is 0 Å². The molecule has 2 bridgehead atoms. The van der Waals surface area contributed by atoms with Crippen molar-refractivity contribution in [3.05, 3.63) is 10.4 Å². The largest absolute Gasteiger partial charge is 0.390 e. The zero-order valence-electron chi connectivity index (χ0n) is 7.61. The van der Waals surface area contributed by atoms with Gasteiger partial charge < -0.3 is 19.3 Å². The van der Waals surface area contributed by atoms with Gasteiger partial charge in [0.05, 0.1) is 12.7 Å². The third-order valence-electron chi connectivity index (χ3n) is 2.52. The molecule has 5 unspecified atom stereocenters. The SMILES string of the molecule is COC1C2COC(O2)C(N=[N+]=[N-])C1O. The molecule has 0 aliphatic carbocycles. The number of nitrogens with zero attached hydrogens (tertiary/aromatic N) is 3. The van der Waals surface area contributed by atoms with E-state index in [2.05, 4.69) is 10.0 Å². The lowest BCUT2D eigenvalue weighted by Crippen LogP contribution is -2.53. The van der Waals surface area contributed by atoms with E-state index >= 15 is 0 Å². The minimum Gasteiger partial charge on any atom is -0.390 e. The van der Waals surface area contributed by atoms with Gasteiger partial charge in [-0.1, -0.05) is 5.11 Å². The molecule has 0 spiro atoms. The molecule has 0 radical (unpaired) electrons. The summed E-state index contributed by atoms with van der Waals surface area (Å²) in [7, 11) is 1.48. The number of azide groups is 1. The number of ether oxygens (including phenoxy) is 3. The van der Waals surface area contributed by atoms with E-state index in [4.69, 9.17) is 19.7 Å². The molecule has 7 nitrogen and oxygen atoms in total. The maximum Gasteiger partial charge on any atom is 0.169 e. The first-order valence-electron chi connectivity index (χ1n) is 4.30. The number of hydrogen-bond acceptors (Lipinski definition) is 5. The van der Waals surface area contributed by atoms with E-state index in [9.17, 15) is 5.11 Å². The maximum atomic E-state index is 9.79. The Balaban J connectivity index is 2.21. The zero-order valence-corrected chi connectivity index (χ0v) is 7.61. The lowest BCUT2D eigenvalue weighted by Gasteiger charge is -2.34. The van der Waals surface area contributed by atoms with E-state index in [1.54, 1.807) is 0 Å². The van der Waals surface area contributed by atoms with Crippen LogP contribution in [0.25, 0.3) is 10.4 Å². The van der Waals surface area contributed by atoms with Crippen LogP contribution in [0.4, 0.5) is 0 Å². The monoisotopic (exact) mass is 201 g/mol. The predicted octanol–water partition coefficient (Wildman–Crippen LogP) is -0.204. The van der Waals surface area contributed by atoms with Crippen molar-refractivity contribution in [2.75, 3.05) is 13.7 Å². The quantitative estimate of drug-likeness (QED) is 0.380. The number of rotatable bonds is 2. The standard InChI is InChI=1S/C7H11N3O4/c1-12-6-3-2-13-7(14-3)4(5(6)11)9-10-8/h3-7,11H,2H2,1H3. The van der Waals surface area contributed by atoms with Crippen molar-refractivity contribution in [3.63, 3.8) is 0 Å². The van der Waals surface area contributed by atoms with E-state index in [1.807, 2.05) is 0 Å². The normalized spacial score (nSPS) is 46.0. The second-order valence-electron chi connectivity index (χ2n) is 3.26. The van der Waals surface area contributed by atoms with E-state index in [-0.39, 0.29) is 6.10 Å². The molecule has 78 valence electrons. The molecule has 2 saturated heterocycles. The molecular weight excluding hydrogens is 190 g/mol. The highest BCUT2D eigenvalue weighted by molar-refractivity contribution is 4.97. The van der Waals surface area contributed by atoms with Gasteiger partial charge >= 0.3 is 0 Å². The fraction of sp³-hybridized carbons (Fsp3) is 1.00. The zero-order chi connectivity index (χ0) is 10.1. The summed E-state index contributed by atoms with van der Waals surface area (Å²) in [5, 5.41) is 13.2. The molecule has 7 heteroatoms. The summed E-state index contributed by atoms with van der Waals surface area (Å²) >= 11 is 0. The van der Waals surface area contributed by atoms with Crippen LogP contribution >= 0.6 is 0 Å². The Kier molecular flexibility index (Phi) is 2.58. The molecule has 14 heavy (non-hydrogen) atoms. The van der Waals surface area contributed by atoms with Crippen LogP contribution in [-0.4, -0.2) is 49.5 Å². The van der Waals surface area contributed by atoms with Gasteiger partial charge in [-0.05, 0) is 5.53 Å². The molecule has 2 fully saturated rings. The third-order valence-corrected chi connectivity index (χ3v) is 2.52. The predicted molar refractivity (Wildman–Crippen MR) is 44.4 cm³/mol. The molecule has 2 aliphatic heterocycles. The Bertz CT molecular complexity index is 268. The Morgan fingerprint density at radius 1 is 1.64 bits per heavy atom. The Hall–Kier alpha value is -0.850. The van der Waals surface area contributed by atoms with Crippen molar-refractivity contribution in [1.82, 2.24) is 0 Å². The van der Waals surface area contributed by atoms with Crippen LogP contribution in [-0.2, 0) is 14.2 Å². The summed E-state index contributed by atoms with van der Waals surface area (Å²) in [6.45, 7) is 0.359. The van der Waals surface area contributed by atoms with Crippen LogP contribution in [0, 0.1) is 0 Å². The Labute approximate surface area is 80.2 Å². The molecule has 0 saturated carbocycles. The van der Waals surface area contributed by atoms with Crippen molar-refractivity contribution < 1.29 is 19.3 Å². The van der Waals surface area contributed by atoms with Crippen molar-refractivity contribution in [2.24, 2.45) is 5.11 Å². The van der Waals surface area contributed by atoms with Crippen LogP contribution in [0.3, 0.4) is 0 Å². The van der Waals surface area contributed by atoms with Crippen LogP contribution < -0.4 is 0 Å². The summed E-state index contributed by atoms with van der Waals surface area (Å²) in [5.41, 5.74) is 8.32. The summed E-state index contributed by atoms with van der Waals surface area (Å²) in [5.74, 6) is 0. The van der Waals surface area contributed by atoms with Crippen molar-refractivity contribution >= 4 is 0 Å². The highest BCUT2D eigenvalue weighted by Gasteiger charge is 2.50. The van der Waals surface area contributed by atoms with Gasteiger partial charge in [0.25, 0.3) is 0 Å². The average molecular weight is 201 g/mol. The fourth-order valence-electron chi connectivity index (χ4n) is 1.84. The first kappa shape index (κ1) is 9.70. The van der Waals surface area contributed by atoms with Gasteiger partial charge in [0, 0.05) is 12.0 Å². The summed E-state index contributed by atoms with van der Waals surface area (Å²) in [4.78, 5) is 2.64. The van der Waals surface area contributed by atoms with Gasteiger partial charge in [-0.2, -0.15) is 0 Å². The number of fused-ring (bicyclic) bond motifs is 2. The van der Waals surface area contributed by atoms with Gasteiger partial charge in [0.2, 0.25) is 0 Å². The molecular formula is C7H11N3O4. The lowest BCUT2D eigenvalue weighted by atomic mass is 9.99. The minimum atomic E-state index is -0.873. The molecule has 2 rings (SSSR count). The molecule has 0 aromatic carbocycles. The smallest absolute Gasteiger partial charge is 0.169 e. The third kappa shape index (κ3) is 1.35. The second kappa shape index (κ2) is 3.72. The molecule has 5 atom stereocenters. The number of aliphatic hydroxyl groups excluding tert-OH is 1. The number of methoxy groups -OCH3 is 1. The van der Waals surface area contributed by atoms with Gasteiger partial charge in [-0.25, -0.2) is 0 Å². The number of hydrogen-bond donors (Lipinski definition) is 1. The van der Waals surface area contributed by atoms with Crippen molar-refractivity contribution in [2.45, 2.75) is 30.6 Å². The first-order valence-corrected chi connectivity index (χ1v) is 4.30. The highest BCUT2D eigenvalue weighted by atomic mass is 16.7. The van der Waals surface area contributed by atoms with Crippen LogP contribution in [0.5, 0.6) is 0 Å². The first-order chi connectivity index (χ1) is 6.77. The number of aliphatic hydroxyl groups is 1. The van der Waals surface area contributed by atoms with E-state index in [0.29, 0.717) is 6.61 Å². The van der Waals surface area contributed by atoms with E-state index < -0.39 is 24.5 Å². The molecule has 0 amide bonds. The maximum absolute atomic E-state index is 9.79. The lowest BCUT2D eigenvalue weighted by molar-refractivity contribution is -0.185. The summed E-state index contributed by atoms with van der Waals surface area (Å²) in [6.07, 6.45) is -2.28. The van der Waals surface area contributed by atoms with Crippen LogP contribution in [0.2, 0.25) is 0 Å². The minimum absolute atomic E-state index is 0.273. The summed E-state index contributed by atoms with van der Waals surface area (Å²) < 4.78 is 15.7. The van der Waals surface area contributed by atoms with Gasteiger partial charge in [0.15, 0.2) is 6.29 Å². The van der Waals surface area contributed by atoms with Crippen molar-refractivity contribution in [1.29, 1.82) is 0 Å². The molecule has 2 aliphatic rings. The molecule has 0 aromatic heterocycles. The molecule has 0 aromatic rings. The molecule has 2 heterocycles. The van der Waals surface area contributed by atoms with Gasteiger partial charge in [0.1, 0.15) is 18.2 Å². The Morgan fingerprint density at radius 3 is 3.07 bits per heavy atom.